The van der Waals surface area contributed by atoms with Crippen LogP contribution in [0, 0.1) is 0 Å². The van der Waals surface area contributed by atoms with E-state index in [1.54, 1.807) is 24.3 Å². The van der Waals surface area contributed by atoms with Gasteiger partial charge in [0.05, 0.1) is 11.1 Å². The Morgan fingerprint density at radius 1 is 1.07 bits per heavy atom. The number of hydrogen-bond donors (Lipinski definition) is 1. The van der Waals surface area contributed by atoms with Crippen molar-refractivity contribution >= 4 is 11.9 Å². The highest BCUT2D eigenvalue weighted by Gasteiger charge is 2.40. The van der Waals surface area contributed by atoms with E-state index < -0.39 is 29.5 Å². The lowest BCUT2D eigenvalue weighted by molar-refractivity contribution is -0.142. The molecular weight excluding hydrogens is 399 g/mol. The van der Waals surface area contributed by atoms with E-state index in [9.17, 15) is 22.8 Å². The summed E-state index contributed by atoms with van der Waals surface area (Å²) in [5, 5.41) is 2.51. The zero-order valence-electron chi connectivity index (χ0n) is 16.2. The summed E-state index contributed by atoms with van der Waals surface area (Å²) in [5.74, 6) is -1.70. The van der Waals surface area contributed by atoms with E-state index in [0.717, 1.165) is 6.07 Å². The first-order chi connectivity index (χ1) is 14.3. The zero-order valence-corrected chi connectivity index (χ0v) is 16.2. The van der Waals surface area contributed by atoms with Crippen LogP contribution in [0.15, 0.2) is 65.9 Å². The molecule has 1 unspecified atom stereocenters. The first-order valence-corrected chi connectivity index (χ1v) is 9.29. The number of rotatable bonds is 6. The van der Waals surface area contributed by atoms with E-state index in [1.165, 1.54) is 25.1 Å². The SMILES string of the molecule is CC1=C(C(=O)OCCOc2ccccc2)C(c2ccccc2C(F)(F)F)CC(=O)N1. The highest BCUT2D eigenvalue weighted by molar-refractivity contribution is 5.96. The van der Waals surface area contributed by atoms with Gasteiger partial charge in [0.2, 0.25) is 5.91 Å². The molecule has 0 saturated carbocycles. The number of allylic oxidation sites excluding steroid dienone is 1. The maximum absolute atomic E-state index is 13.5. The number of carbonyl (C=O) groups excluding carboxylic acids is 2. The maximum atomic E-state index is 13.5. The lowest BCUT2D eigenvalue weighted by Crippen LogP contribution is -2.35. The van der Waals surface area contributed by atoms with Crippen molar-refractivity contribution in [2.45, 2.75) is 25.4 Å². The molecule has 5 nitrogen and oxygen atoms in total. The summed E-state index contributed by atoms with van der Waals surface area (Å²) in [6.45, 7) is 1.46. The van der Waals surface area contributed by atoms with Gasteiger partial charge in [-0.3, -0.25) is 4.79 Å². The van der Waals surface area contributed by atoms with Crippen molar-refractivity contribution in [2.75, 3.05) is 13.2 Å². The van der Waals surface area contributed by atoms with Gasteiger partial charge >= 0.3 is 12.1 Å². The fourth-order valence-electron chi connectivity index (χ4n) is 3.38. The molecule has 8 heteroatoms. The number of para-hydroxylation sites is 1. The second-order valence-corrected chi connectivity index (χ2v) is 6.73. The van der Waals surface area contributed by atoms with E-state index in [4.69, 9.17) is 9.47 Å². The van der Waals surface area contributed by atoms with Crippen LogP contribution in [0.4, 0.5) is 13.2 Å². The predicted octanol–water partition coefficient (Wildman–Crippen LogP) is 4.21. The highest BCUT2D eigenvalue weighted by Crippen LogP contribution is 2.41. The minimum Gasteiger partial charge on any atom is -0.490 e. The van der Waals surface area contributed by atoms with E-state index in [1.807, 2.05) is 6.07 Å². The Hall–Kier alpha value is -3.29. The van der Waals surface area contributed by atoms with Crippen molar-refractivity contribution < 1.29 is 32.2 Å². The molecular formula is C22H20F3NO4. The summed E-state index contributed by atoms with van der Waals surface area (Å²) < 4.78 is 51.1. The molecule has 1 atom stereocenters. The maximum Gasteiger partial charge on any atom is 0.416 e. The minimum atomic E-state index is -4.61. The number of benzene rings is 2. The van der Waals surface area contributed by atoms with Crippen LogP contribution in [-0.4, -0.2) is 25.1 Å². The molecule has 0 spiro atoms. The fraction of sp³-hybridized carbons (Fsp3) is 0.273. The number of hydrogen-bond acceptors (Lipinski definition) is 4. The Morgan fingerprint density at radius 2 is 1.73 bits per heavy atom. The monoisotopic (exact) mass is 419 g/mol. The summed E-state index contributed by atoms with van der Waals surface area (Å²) in [7, 11) is 0. The van der Waals surface area contributed by atoms with Gasteiger partial charge in [-0.05, 0) is 30.7 Å². The molecule has 0 radical (unpaired) electrons. The molecule has 0 aliphatic carbocycles. The highest BCUT2D eigenvalue weighted by atomic mass is 19.4. The van der Waals surface area contributed by atoms with Crippen molar-refractivity contribution in [3.05, 3.63) is 77.0 Å². The molecule has 0 fully saturated rings. The van der Waals surface area contributed by atoms with Crippen LogP contribution in [0.1, 0.15) is 30.4 Å². The second-order valence-electron chi connectivity index (χ2n) is 6.73. The number of ether oxygens (including phenoxy) is 2. The molecule has 1 aliphatic heterocycles. The minimum absolute atomic E-state index is 0.00557. The van der Waals surface area contributed by atoms with Gasteiger partial charge in [-0.1, -0.05) is 36.4 Å². The Balaban J connectivity index is 1.78. The van der Waals surface area contributed by atoms with Crippen molar-refractivity contribution in [3.63, 3.8) is 0 Å². The summed E-state index contributed by atoms with van der Waals surface area (Å²) in [5.41, 5.74) is -0.824. The van der Waals surface area contributed by atoms with Crippen molar-refractivity contribution in [2.24, 2.45) is 0 Å². The molecule has 158 valence electrons. The topological polar surface area (TPSA) is 64.6 Å². The van der Waals surface area contributed by atoms with Crippen molar-refractivity contribution in [3.8, 4) is 5.75 Å². The summed E-state index contributed by atoms with van der Waals surface area (Å²) >= 11 is 0. The van der Waals surface area contributed by atoms with Crippen LogP contribution in [0.3, 0.4) is 0 Å². The lowest BCUT2D eigenvalue weighted by atomic mass is 9.82. The van der Waals surface area contributed by atoms with Gasteiger partial charge in [-0.15, -0.1) is 0 Å². The average molecular weight is 419 g/mol. The van der Waals surface area contributed by atoms with Gasteiger partial charge < -0.3 is 14.8 Å². The Labute approximate surface area is 171 Å². The number of nitrogens with one attached hydrogen (secondary N) is 1. The Bertz CT molecular complexity index is 954. The quantitative estimate of drug-likeness (QED) is 0.563. The van der Waals surface area contributed by atoms with E-state index in [2.05, 4.69) is 5.32 Å². The standard InChI is InChI=1S/C22H20F3NO4/c1-14-20(21(28)30-12-11-29-15-7-3-2-4-8-15)17(13-19(27)26-14)16-9-5-6-10-18(16)22(23,24)25/h2-10,17H,11-13H2,1H3,(H,26,27). The van der Waals surface area contributed by atoms with E-state index in [-0.39, 0.29) is 36.5 Å². The van der Waals surface area contributed by atoms with E-state index >= 15 is 0 Å². The number of halogens is 3. The normalized spacial score (nSPS) is 16.8. The Kier molecular flexibility index (Phi) is 6.44. The third-order valence-electron chi connectivity index (χ3n) is 4.66. The zero-order chi connectivity index (χ0) is 21.7. The smallest absolute Gasteiger partial charge is 0.416 e. The average Bonchev–Trinajstić information content (AvgIpc) is 2.70. The number of alkyl halides is 3. The van der Waals surface area contributed by atoms with E-state index in [0.29, 0.717) is 5.75 Å². The summed E-state index contributed by atoms with van der Waals surface area (Å²) in [4.78, 5) is 24.7. The van der Waals surface area contributed by atoms with Crippen molar-refractivity contribution in [1.82, 2.24) is 5.32 Å². The second kappa shape index (κ2) is 9.02. The molecule has 0 bridgehead atoms. The lowest BCUT2D eigenvalue weighted by Gasteiger charge is -2.28. The third kappa shape index (κ3) is 5.00. The molecule has 30 heavy (non-hydrogen) atoms. The van der Waals surface area contributed by atoms with Crippen LogP contribution in [0.5, 0.6) is 5.75 Å². The molecule has 1 amide bonds. The van der Waals surface area contributed by atoms with Gasteiger partial charge in [0.25, 0.3) is 0 Å². The molecule has 1 N–H and O–H groups in total. The van der Waals surface area contributed by atoms with Crippen LogP contribution in [-0.2, 0) is 20.5 Å². The number of carbonyl (C=O) groups is 2. The molecule has 2 aromatic rings. The molecule has 2 aromatic carbocycles. The molecule has 1 aliphatic rings. The molecule has 0 saturated heterocycles. The van der Waals surface area contributed by atoms with Crippen LogP contribution in [0.25, 0.3) is 0 Å². The molecule has 1 heterocycles. The molecule has 3 rings (SSSR count). The predicted molar refractivity (Wildman–Crippen MR) is 103 cm³/mol. The third-order valence-corrected chi connectivity index (χ3v) is 4.66. The van der Waals surface area contributed by atoms with Gasteiger partial charge in [-0.25, -0.2) is 4.79 Å². The Morgan fingerprint density at radius 3 is 2.43 bits per heavy atom. The summed E-state index contributed by atoms with van der Waals surface area (Å²) in [6.07, 6.45) is -4.90. The van der Waals surface area contributed by atoms with Gasteiger partial charge in [0.1, 0.15) is 19.0 Å². The largest absolute Gasteiger partial charge is 0.490 e. The van der Waals surface area contributed by atoms with Crippen LogP contribution >= 0.6 is 0 Å². The molecule has 0 aromatic heterocycles. The number of amides is 1. The first kappa shape index (κ1) is 21.4. The number of esters is 1. The fourth-order valence-corrected chi connectivity index (χ4v) is 3.38. The van der Waals surface area contributed by atoms with Crippen molar-refractivity contribution in [1.29, 1.82) is 0 Å². The first-order valence-electron chi connectivity index (χ1n) is 9.29. The summed E-state index contributed by atoms with van der Waals surface area (Å²) in [6, 6.07) is 13.8. The van der Waals surface area contributed by atoms with Gasteiger partial charge in [-0.2, -0.15) is 13.2 Å². The van der Waals surface area contributed by atoms with Crippen LogP contribution in [0.2, 0.25) is 0 Å². The van der Waals surface area contributed by atoms with Gasteiger partial charge in [0.15, 0.2) is 0 Å². The van der Waals surface area contributed by atoms with Crippen LogP contribution < -0.4 is 10.1 Å². The van der Waals surface area contributed by atoms with Gasteiger partial charge in [0, 0.05) is 18.0 Å².